The smallest absolute Gasteiger partial charge is 0.223 e. The number of thiophene rings is 2. The zero-order valence-electron chi connectivity index (χ0n) is 11.8. The first kappa shape index (κ1) is 13.0. The van der Waals surface area contributed by atoms with E-state index in [1.807, 2.05) is 11.3 Å². The SMILES string of the molecule is CCc1cc2c(N3CCc4sccc4C3)nc(N)nc2s1. The largest absolute Gasteiger partial charge is 0.368 e. The van der Waals surface area contributed by atoms with E-state index in [0.29, 0.717) is 5.95 Å². The van der Waals surface area contributed by atoms with Crippen molar-refractivity contribution in [2.45, 2.75) is 26.3 Å². The van der Waals surface area contributed by atoms with Crippen molar-refractivity contribution in [3.63, 3.8) is 0 Å². The summed E-state index contributed by atoms with van der Waals surface area (Å²) in [5, 5.41) is 3.32. The van der Waals surface area contributed by atoms with E-state index < -0.39 is 0 Å². The van der Waals surface area contributed by atoms with Crippen LogP contribution in [0.1, 0.15) is 22.2 Å². The second-order valence-corrected chi connectivity index (χ2v) is 7.35. The number of fused-ring (bicyclic) bond motifs is 2. The van der Waals surface area contributed by atoms with E-state index in [0.717, 1.165) is 42.0 Å². The molecule has 0 aliphatic carbocycles. The van der Waals surface area contributed by atoms with Crippen molar-refractivity contribution in [2.75, 3.05) is 17.2 Å². The Balaban J connectivity index is 1.81. The van der Waals surface area contributed by atoms with Gasteiger partial charge in [0.1, 0.15) is 10.6 Å². The molecule has 0 spiro atoms. The average molecular weight is 316 g/mol. The van der Waals surface area contributed by atoms with Gasteiger partial charge < -0.3 is 10.6 Å². The lowest BCUT2D eigenvalue weighted by atomic mass is 10.1. The molecular weight excluding hydrogens is 300 g/mol. The molecule has 6 heteroatoms. The summed E-state index contributed by atoms with van der Waals surface area (Å²) in [5.41, 5.74) is 7.34. The molecule has 1 aliphatic rings. The first-order valence-corrected chi connectivity index (χ1v) is 8.80. The van der Waals surface area contributed by atoms with Crippen molar-refractivity contribution < 1.29 is 0 Å². The van der Waals surface area contributed by atoms with Crippen LogP contribution in [0.5, 0.6) is 0 Å². The number of rotatable bonds is 2. The van der Waals surface area contributed by atoms with Crippen LogP contribution in [-0.2, 0) is 19.4 Å². The van der Waals surface area contributed by atoms with E-state index in [1.54, 1.807) is 11.3 Å². The minimum Gasteiger partial charge on any atom is -0.368 e. The molecule has 4 heterocycles. The Labute approximate surface area is 131 Å². The van der Waals surface area contributed by atoms with Crippen molar-refractivity contribution in [1.29, 1.82) is 0 Å². The molecule has 4 rings (SSSR count). The van der Waals surface area contributed by atoms with E-state index in [9.17, 15) is 0 Å². The van der Waals surface area contributed by atoms with Crippen LogP contribution in [0.2, 0.25) is 0 Å². The van der Waals surface area contributed by atoms with Crippen molar-refractivity contribution in [1.82, 2.24) is 9.97 Å². The van der Waals surface area contributed by atoms with Crippen molar-refractivity contribution >= 4 is 44.7 Å². The van der Waals surface area contributed by atoms with Gasteiger partial charge in [-0.05, 0) is 35.9 Å². The van der Waals surface area contributed by atoms with E-state index in [1.165, 1.54) is 15.3 Å². The summed E-state index contributed by atoms with van der Waals surface area (Å²) < 4.78 is 0. The normalized spacial score (nSPS) is 14.6. The van der Waals surface area contributed by atoms with E-state index in [-0.39, 0.29) is 0 Å². The lowest BCUT2D eigenvalue weighted by Gasteiger charge is -2.28. The second-order valence-electron chi connectivity index (χ2n) is 5.23. The first-order valence-electron chi connectivity index (χ1n) is 7.10. The summed E-state index contributed by atoms with van der Waals surface area (Å²) >= 11 is 3.58. The fraction of sp³-hybridized carbons (Fsp3) is 0.333. The molecule has 0 atom stereocenters. The highest BCUT2D eigenvalue weighted by molar-refractivity contribution is 7.18. The minimum absolute atomic E-state index is 0.373. The van der Waals surface area contributed by atoms with E-state index in [2.05, 4.69) is 39.3 Å². The lowest BCUT2D eigenvalue weighted by Crippen LogP contribution is -2.30. The molecule has 0 bridgehead atoms. The minimum atomic E-state index is 0.373. The third-order valence-corrected chi connectivity index (χ3v) is 6.09. The Hall–Kier alpha value is -1.66. The van der Waals surface area contributed by atoms with Gasteiger partial charge in [-0.1, -0.05) is 6.92 Å². The number of anilines is 2. The van der Waals surface area contributed by atoms with Crippen LogP contribution in [0.4, 0.5) is 11.8 Å². The third-order valence-electron chi connectivity index (χ3n) is 3.90. The van der Waals surface area contributed by atoms with Gasteiger partial charge in [0.15, 0.2) is 0 Å². The van der Waals surface area contributed by atoms with Gasteiger partial charge in [-0.2, -0.15) is 4.98 Å². The number of hydrogen-bond acceptors (Lipinski definition) is 6. The fourth-order valence-electron chi connectivity index (χ4n) is 2.82. The number of nitrogens with zero attached hydrogens (tertiary/aromatic N) is 3. The highest BCUT2D eigenvalue weighted by atomic mass is 32.1. The maximum absolute atomic E-state index is 5.92. The molecule has 3 aromatic rings. The molecule has 0 saturated carbocycles. The molecule has 0 radical (unpaired) electrons. The van der Waals surface area contributed by atoms with Crippen LogP contribution in [0.3, 0.4) is 0 Å². The van der Waals surface area contributed by atoms with Crippen LogP contribution < -0.4 is 10.6 Å². The highest BCUT2D eigenvalue weighted by Gasteiger charge is 2.21. The molecule has 3 aromatic heterocycles. The van der Waals surface area contributed by atoms with Crippen molar-refractivity contribution in [2.24, 2.45) is 0 Å². The quantitative estimate of drug-likeness (QED) is 0.786. The summed E-state index contributed by atoms with van der Waals surface area (Å²) in [6, 6.07) is 4.44. The van der Waals surface area contributed by atoms with Gasteiger partial charge in [0.2, 0.25) is 5.95 Å². The Bertz CT molecular complexity index is 805. The maximum atomic E-state index is 5.92. The van der Waals surface area contributed by atoms with Gasteiger partial charge in [-0.3, -0.25) is 0 Å². The summed E-state index contributed by atoms with van der Waals surface area (Å²) in [7, 11) is 0. The Morgan fingerprint density at radius 3 is 3.14 bits per heavy atom. The van der Waals surface area contributed by atoms with E-state index in [4.69, 9.17) is 5.73 Å². The van der Waals surface area contributed by atoms with Crippen LogP contribution in [-0.4, -0.2) is 16.5 Å². The van der Waals surface area contributed by atoms with Crippen LogP contribution in [0.25, 0.3) is 10.2 Å². The molecule has 0 aromatic carbocycles. The number of nitrogens with two attached hydrogens (primary N) is 1. The predicted molar refractivity (Wildman–Crippen MR) is 90.3 cm³/mol. The molecule has 0 fully saturated rings. The van der Waals surface area contributed by atoms with Gasteiger partial charge in [0, 0.05) is 22.8 Å². The first-order chi connectivity index (χ1) is 10.2. The summed E-state index contributed by atoms with van der Waals surface area (Å²) in [5.74, 6) is 1.36. The van der Waals surface area contributed by atoms with Crippen molar-refractivity contribution in [3.05, 3.63) is 32.8 Å². The highest BCUT2D eigenvalue weighted by Crippen LogP contribution is 2.34. The van der Waals surface area contributed by atoms with Crippen LogP contribution in [0.15, 0.2) is 17.5 Å². The Morgan fingerprint density at radius 2 is 2.29 bits per heavy atom. The standard InChI is InChI=1S/C15H16N4S2/c1-2-10-7-11-13(17-15(16)18-14(11)21-10)19-5-3-12-9(8-19)4-6-20-12/h4,6-7H,2-3,5,8H2,1H3,(H2,16,17,18). The maximum Gasteiger partial charge on any atom is 0.223 e. The molecular formula is C15H16N4S2. The van der Waals surface area contributed by atoms with Crippen molar-refractivity contribution in [3.8, 4) is 0 Å². The molecule has 108 valence electrons. The molecule has 0 unspecified atom stereocenters. The summed E-state index contributed by atoms with van der Waals surface area (Å²) in [6.07, 6.45) is 2.11. The number of aromatic nitrogens is 2. The molecule has 2 N–H and O–H groups in total. The number of nitrogen functional groups attached to an aromatic ring is 1. The predicted octanol–water partition coefficient (Wildman–Crippen LogP) is 3.46. The molecule has 0 saturated heterocycles. The van der Waals surface area contributed by atoms with Gasteiger partial charge in [-0.25, -0.2) is 4.98 Å². The zero-order valence-corrected chi connectivity index (χ0v) is 13.4. The third kappa shape index (κ3) is 2.18. The van der Waals surface area contributed by atoms with Gasteiger partial charge in [0.25, 0.3) is 0 Å². The van der Waals surface area contributed by atoms with Gasteiger partial charge in [0.05, 0.1) is 5.39 Å². The molecule has 4 nitrogen and oxygen atoms in total. The topological polar surface area (TPSA) is 55.0 Å². The second kappa shape index (κ2) is 4.96. The molecule has 1 aliphatic heterocycles. The lowest BCUT2D eigenvalue weighted by molar-refractivity contribution is 0.735. The zero-order chi connectivity index (χ0) is 14.4. The van der Waals surface area contributed by atoms with Gasteiger partial charge in [-0.15, -0.1) is 22.7 Å². The number of hydrogen-bond donors (Lipinski definition) is 1. The number of aryl methyl sites for hydroxylation is 1. The summed E-state index contributed by atoms with van der Waals surface area (Å²) in [6.45, 7) is 4.08. The molecule has 21 heavy (non-hydrogen) atoms. The Morgan fingerprint density at radius 1 is 1.38 bits per heavy atom. The monoisotopic (exact) mass is 316 g/mol. The summed E-state index contributed by atoms with van der Waals surface area (Å²) in [4.78, 5) is 15.1. The Kier molecular flexibility index (Phi) is 3.08. The molecule has 0 amide bonds. The van der Waals surface area contributed by atoms with E-state index >= 15 is 0 Å². The fourth-order valence-corrected chi connectivity index (χ4v) is 4.68. The van der Waals surface area contributed by atoms with Gasteiger partial charge >= 0.3 is 0 Å². The van der Waals surface area contributed by atoms with Crippen LogP contribution >= 0.6 is 22.7 Å². The average Bonchev–Trinajstić information content (AvgIpc) is 3.11. The van der Waals surface area contributed by atoms with Crippen LogP contribution in [0, 0.1) is 0 Å².